The molecule has 0 rings (SSSR count). The summed E-state index contributed by atoms with van der Waals surface area (Å²) >= 11 is 1.22. The van der Waals surface area contributed by atoms with Crippen LogP contribution in [-0.2, 0) is 9.30 Å². The lowest BCUT2D eigenvalue weighted by Crippen LogP contribution is -2.46. The minimum absolute atomic E-state index is 0.330. The molecule has 0 bridgehead atoms. The van der Waals surface area contributed by atoms with Crippen LogP contribution in [0.1, 0.15) is 20.8 Å². The SMILES string of the molecule is C=C[C@@H](O)[C@@H](CSP(C)(C)=O)NC(=O)OC(C)(C)C. The number of hydrogen-bond donors (Lipinski definition) is 2. The van der Waals surface area contributed by atoms with Crippen molar-refractivity contribution in [3.63, 3.8) is 0 Å². The Morgan fingerprint density at radius 3 is 2.42 bits per heavy atom. The maximum Gasteiger partial charge on any atom is 0.408 e. The van der Waals surface area contributed by atoms with Gasteiger partial charge >= 0.3 is 6.09 Å². The summed E-state index contributed by atoms with van der Waals surface area (Å²) in [5.41, 5.74) is -0.605. The second-order valence-corrected chi connectivity index (χ2v) is 12.0. The minimum Gasteiger partial charge on any atom is -0.444 e. The van der Waals surface area contributed by atoms with Crippen LogP contribution < -0.4 is 5.32 Å². The molecule has 0 aromatic heterocycles. The van der Waals surface area contributed by atoms with Crippen LogP contribution in [0.3, 0.4) is 0 Å². The molecule has 2 atom stereocenters. The summed E-state index contributed by atoms with van der Waals surface area (Å²) in [6.07, 6.45) is -2.46. The van der Waals surface area contributed by atoms with Gasteiger partial charge in [-0.3, -0.25) is 0 Å². The van der Waals surface area contributed by atoms with Crippen molar-refractivity contribution in [1.29, 1.82) is 0 Å². The average Bonchev–Trinajstić information content (AvgIpc) is 2.19. The highest BCUT2D eigenvalue weighted by atomic mass is 32.7. The van der Waals surface area contributed by atoms with Crippen LogP contribution in [0.4, 0.5) is 4.79 Å². The predicted molar refractivity (Wildman–Crippen MR) is 81.3 cm³/mol. The number of amides is 1. The predicted octanol–water partition coefficient (Wildman–Crippen LogP) is 2.70. The van der Waals surface area contributed by atoms with E-state index in [1.165, 1.54) is 17.5 Å². The molecular weight excluding hydrogens is 285 g/mol. The summed E-state index contributed by atoms with van der Waals surface area (Å²) in [5, 5.41) is 12.3. The number of alkyl carbamates (subject to hydrolysis) is 1. The van der Waals surface area contributed by atoms with E-state index in [0.29, 0.717) is 5.75 Å². The fraction of sp³-hybridized carbons (Fsp3) is 0.750. The van der Waals surface area contributed by atoms with Crippen LogP contribution in [0.15, 0.2) is 12.7 Å². The molecule has 7 heteroatoms. The molecule has 0 unspecified atom stereocenters. The van der Waals surface area contributed by atoms with Gasteiger partial charge in [-0.25, -0.2) is 4.79 Å². The van der Waals surface area contributed by atoms with Gasteiger partial charge in [0.1, 0.15) is 11.9 Å². The van der Waals surface area contributed by atoms with Crippen molar-refractivity contribution < 1.29 is 19.2 Å². The number of ether oxygens (including phenoxy) is 1. The zero-order chi connectivity index (χ0) is 15.3. The Morgan fingerprint density at radius 2 is 2.05 bits per heavy atom. The molecule has 0 aliphatic rings. The van der Waals surface area contributed by atoms with Gasteiger partial charge in [0.25, 0.3) is 0 Å². The van der Waals surface area contributed by atoms with Gasteiger partial charge in [-0.1, -0.05) is 17.5 Å². The second kappa shape index (κ2) is 7.36. The highest BCUT2D eigenvalue weighted by Gasteiger charge is 2.24. The number of hydrogen-bond acceptors (Lipinski definition) is 5. The Kier molecular flexibility index (Phi) is 7.19. The van der Waals surface area contributed by atoms with Gasteiger partial charge in [-0.05, 0) is 34.1 Å². The molecule has 0 aromatic rings. The molecule has 0 aromatic carbocycles. The third-order valence-corrected chi connectivity index (χ3v) is 5.36. The van der Waals surface area contributed by atoms with Crippen molar-refractivity contribution >= 4 is 23.8 Å². The van der Waals surface area contributed by atoms with Crippen LogP contribution >= 0.6 is 17.7 Å². The second-order valence-electron chi connectivity index (χ2n) is 5.53. The highest BCUT2D eigenvalue weighted by Crippen LogP contribution is 2.51. The topological polar surface area (TPSA) is 75.6 Å². The Bertz CT molecular complexity index is 361. The monoisotopic (exact) mass is 309 g/mol. The van der Waals surface area contributed by atoms with E-state index in [0.717, 1.165) is 0 Å². The van der Waals surface area contributed by atoms with Crippen molar-refractivity contribution in [2.75, 3.05) is 19.1 Å². The van der Waals surface area contributed by atoms with Crippen LogP contribution in [0, 0.1) is 0 Å². The van der Waals surface area contributed by atoms with E-state index in [9.17, 15) is 14.5 Å². The highest BCUT2D eigenvalue weighted by molar-refractivity contribution is 8.57. The zero-order valence-electron chi connectivity index (χ0n) is 12.2. The van der Waals surface area contributed by atoms with Gasteiger partial charge in [0.05, 0.1) is 12.1 Å². The molecule has 0 heterocycles. The summed E-state index contributed by atoms with van der Waals surface area (Å²) in [7, 11) is 0. The van der Waals surface area contributed by atoms with Gasteiger partial charge in [-0.2, -0.15) is 0 Å². The quantitative estimate of drug-likeness (QED) is 0.583. The molecule has 0 saturated carbocycles. The molecule has 0 aliphatic carbocycles. The third-order valence-electron chi connectivity index (χ3n) is 1.92. The molecular formula is C12H24NO4PS. The van der Waals surface area contributed by atoms with Crippen LogP contribution in [0.5, 0.6) is 0 Å². The fourth-order valence-electron chi connectivity index (χ4n) is 1.11. The van der Waals surface area contributed by atoms with Crippen LogP contribution in [-0.4, -0.2) is 48.0 Å². The lowest BCUT2D eigenvalue weighted by molar-refractivity contribution is 0.0467. The van der Waals surface area contributed by atoms with Crippen LogP contribution in [0.25, 0.3) is 0 Å². The largest absolute Gasteiger partial charge is 0.444 e. The van der Waals surface area contributed by atoms with Gasteiger partial charge in [0.15, 0.2) is 0 Å². The van der Waals surface area contributed by atoms with Crippen molar-refractivity contribution in [1.82, 2.24) is 5.32 Å². The molecule has 2 N–H and O–H groups in total. The molecule has 0 fully saturated rings. The molecule has 0 aliphatic heterocycles. The zero-order valence-corrected chi connectivity index (χ0v) is 13.9. The third kappa shape index (κ3) is 10.0. The maximum absolute atomic E-state index is 11.7. The van der Waals surface area contributed by atoms with Crippen molar-refractivity contribution in [3.05, 3.63) is 12.7 Å². The van der Waals surface area contributed by atoms with E-state index in [4.69, 9.17) is 4.74 Å². The first-order valence-electron chi connectivity index (χ1n) is 5.94. The molecule has 1 amide bonds. The molecule has 0 radical (unpaired) electrons. The van der Waals surface area contributed by atoms with Gasteiger partial charge in [0.2, 0.25) is 0 Å². The number of carbonyl (C=O) groups excluding carboxylic acids is 1. The molecule has 19 heavy (non-hydrogen) atoms. The lowest BCUT2D eigenvalue weighted by atomic mass is 10.2. The van der Waals surface area contributed by atoms with E-state index in [1.807, 2.05) is 0 Å². The van der Waals surface area contributed by atoms with Crippen molar-refractivity contribution in [2.45, 2.75) is 38.5 Å². The average molecular weight is 309 g/mol. The normalized spacial score (nSPS) is 15.5. The van der Waals surface area contributed by atoms with Gasteiger partial charge in [-0.15, -0.1) is 6.58 Å². The summed E-state index contributed by atoms with van der Waals surface area (Å²) in [5.74, 6) is 0.330. The molecule has 0 saturated heterocycles. The van der Waals surface area contributed by atoms with E-state index < -0.39 is 30.2 Å². The first-order chi connectivity index (χ1) is 8.44. The Morgan fingerprint density at radius 1 is 1.53 bits per heavy atom. The Labute approximate surface area is 119 Å². The van der Waals surface area contributed by atoms with Gasteiger partial charge < -0.3 is 19.7 Å². The van der Waals surface area contributed by atoms with E-state index in [1.54, 1.807) is 34.1 Å². The van der Waals surface area contributed by atoms with Gasteiger partial charge in [0, 0.05) is 5.75 Å². The van der Waals surface area contributed by atoms with Crippen molar-refractivity contribution in [3.8, 4) is 0 Å². The molecule has 112 valence electrons. The lowest BCUT2D eigenvalue weighted by Gasteiger charge is -2.25. The first kappa shape index (κ1) is 18.6. The maximum atomic E-state index is 11.7. The van der Waals surface area contributed by atoms with E-state index >= 15 is 0 Å². The first-order valence-corrected chi connectivity index (χ1v) is 10.1. The fourth-order valence-corrected chi connectivity index (χ4v) is 3.47. The molecule has 0 spiro atoms. The number of aliphatic hydroxyl groups is 1. The Hall–Kier alpha value is -0.450. The summed E-state index contributed by atoms with van der Waals surface area (Å²) < 4.78 is 16.8. The van der Waals surface area contributed by atoms with E-state index in [-0.39, 0.29) is 0 Å². The number of rotatable bonds is 6. The smallest absolute Gasteiger partial charge is 0.408 e. The minimum atomic E-state index is -2.28. The summed E-state index contributed by atoms with van der Waals surface area (Å²) in [4.78, 5) is 11.7. The van der Waals surface area contributed by atoms with E-state index in [2.05, 4.69) is 11.9 Å². The standard InChI is InChI=1S/C12H24NO4PS/c1-7-10(14)9(8-19-18(5,6)16)13-11(15)17-12(2,3)4/h7,9-10,14H,1,8H2,2-6H3,(H,13,15)/t9-,10-/m1/s1. The molecule has 5 nitrogen and oxygen atoms in total. The van der Waals surface area contributed by atoms with Crippen LogP contribution in [0.2, 0.25) is 0 Å². The number of nitrogens with one attached hydrogen (secondary N) is 1. The summed E-state index contributed by atoms with van der Waals surface area (Å²) in [6.45, 7) is 12.0. The number of carbonyl (C=O) groups is 1. The van der Waals surface area contributed by atoms with Crippen molar-refractivity contribution in [2.24, 2.45) is 0 Å². The summed E-state index contributed by atoms with van der Waals surface area (Å²) in [6, 6.07) is -0.578. The Balaban J connectivity index is 4.56. The number of aliphatic hydroxyl groups excluding tert-OH is 1.